The predicted octanol–water partition coefficient (Wildman–Crippen LogP) is 0.887. The second-order valence-corrected chi connectivity index (χ2v) is 3.50. The van der Waals surface area contributed by atoms with E-state index in [-0.39, 0.29) is 4.88 Å². The number of carbonyl (C=O) groups is 1. The van der Waals surface area contributed by atoms with Crippen molar-refractivity contribution < 1.29 is 19.4 Å². The summed E-state index contributed by atoms with van der Waals surface area (Å²) in [5.41, 5.74) is 0. The molecule has 2 rings (SSSR count). The lowest BCUT2D eigenvalue weighted by molar-refractivity contribution is -0.0442. The Bertz CT molecular complexity index is 318. The van der Waals surface area contributed by atoms with Gasteiger partial charge in [-0.05, 0) is 0 Å². The first kappa shape index (κ1) is 8.61. The summed E-state index contributed by atoms with van der Waals surface area (Å²) in [4.78, 5) is 14.6. The van der Waals surface area contributed by atoms with Crippen molar-refractivity contribution in [2.45, 2.75) is 6.29 Å². The van der Waals surface area contributed by atoms with E-state index in [1.165, 1.54) is 6.20 Å². The summed E-state index contributed by atoms with van der Waals surface area (Å²) in [5, 5.41) is 9.19. The molecule has 0 spiro atoms. The monoisotopic (exact) mass is 201 g/mol. The summed E-state index contributed by atoms with van der Waals surface area (Å²) in [6.45, 7) is 1.07. The van der Waals surface area contributed by atoms with Gasteiger partial charge in [-0.2, -0.15) is 0 Å². The SMILES string of the molecule is O=C(O)c1cnc(C2OCCO2)s1. The number of hydrogen-bond acceptors (Lipinski definition) is 5. The maximum Gasteiger partial charge on any atom is 0.347 e. The van der Waals surface area contributed by atoms with Gasteiger partial charge in [0.1, 0.15) is 9.88 Å². The van der Waals surface area contributed by atoms with E-state index >= 15 is 0 Å². The van der Waals surface area contributed by atoms with Gasteiger partial charge in [-0.1, -0.05) is 0 Å². The summed E-state index contributed by atoms with van der Waals surface area (Å²) in [6, 6.07) is 0. The molecule has 0 aromatic carbocycles. The minimum Gasteiger partial charge on any atom is -0.477 e. The quantitative estimate of drug-likeness (QED) is 0.769. The topological polar surface area (TPSA) is 68.7 Å². The molecule has 0 atom stereocenters. The largest absolute Gasteiger partial charge is 0.477 e. The van der Waals surface area contributed by atoms with Crippen molar-refractivity contribution in [2.24, 2.45) is 0 Å². The number of ether oxygens (including phenoxy) is 2. The van der Waals surface area contributed by atoms with Crippen molar-refractivity contribution in [2.75, 3.05) is 13.2 Å². The third-order valence-electron chi connectivity index (χ3n) is 1.56. The summed E-state index contributed by atoms with van der Waals surface area (Å²) >= 11 is 1.08. The maximum atomic E-state index is 10.5. The predicted molar refractivity (Wildman–Crippen MR) is 43.7 cm³/mol. The minimum atomic E-state index is -0.971. The highest BCUT2D eigenvalue weighted by atomic mass is 32.1. The average Bonchev–Trinajstić information content (AvgIpc) is 2.75. The van der Waals surface area contributed by atoms with Crippen LogP contribution in [0.15, 0.2) is 6.20 Å². The first-order valence-electron chi connectivity index (χ1n) is 3.69. The Morgan fingerprint density at radius 2 is 2.31 bits per heavy atom. The van der Waals surface area contributed by atoms with E-state index in [1.807, 2.05) is 0 Å². The van der Waals surface area contributed by atoms with Crippen LogP contribution < -0.4 is 0 Å². The van der Waals surface area contributed by atoms with E-state index in [0.29, 0.717) is 18.2 Å². The van der Waals surface area contributed by atoms with Gasteiger partial charge >= 0.3 is 5.97 Å². The molecule has 1 aromatic heterocycles. The van der Waals surface area contributed by atoms with E-state index in [4.69, 9.17) is 14.6 Å². The summed E-state index contributed by atoms with van der Waals surface area (Å²) in [7, 11) is 0. The summed E-state index contributed by atoms with van der Waals surface area (Å²) < 4.78 is 10.3. The molecule has 1 aliphatic heterocycles. The fourth-order valence-corrected chi connectivity index (χ4v) is 1.75. The molecular weight excluding hydrogens is 194 g/mol. The van der Waals surface area contributed by atoms with Gasteiger partial charge in [0.25, 0.3) is 0 Å². The highest BCUT2D eigenvalue weighted by Crippen LogP contribution is 2.26. The van der Waals surface area contributed by atoms with E-state index in [2.05, 4.69) is 4.98 Å². The second-order valence-electron chi connectivity index (χ2n) is 2.44. The number of aromatic carboxylic acids is 1. The molecule has 0 bridgehead atoms. The number of aromatic nitrogens is 1. The zero-order chi connectivity index (χ0) is 9.26. The van der Waals surface area contributed by atoms with Crippen molar-refractivity contribution in [3.63, 3.8) is 0 Å². The number of carboxylic acids is 1. The zero-order valence-electron chi connectivity index (χ0n) is 6.60. The molecule has 1 fully saturated rings. The Hall–Kier alpha value is -0.980. The fourth-order valence-electron chi connectivity index (χ4n) is 0.996. The molecule has 0 saturated carbocycles. The van der Waals surface area contributed by atoms with Gasteiger partial charge in [0.05, 0.1) is 19.4 Å². The van der Waals surface area contributed by atoms with E-state index in [9.17, 15) is 4.79 Å². The fraction of sp³-hybridized carbons (Fsp3) is 0.429. The molecule has 1 aromatic rings. The summed E-state index contributed by atoms with van der Waals surface area (Å²) in [6.07, 6.45) is 0.839. The molecule has 0 amide bonds. The molecule has 0 unspecified atom stereocenters. The highest BCUT2D eigenvalue weighted by Gasteiger charge is 2.22. The van der Waals surface area contributed by atoms with E-state index in [1.54, 1.807) is 0 Å². The second kappa shape index (κ2) is 3.41. The zero-order valence-corrected chi connectivity index (χ0v) is 7.41. The highest BCUT2D eigenvalue weighted by molar-refractivity contribution is 7.13. The number of hydrogen-bond donors (Lipinski definition) is 1. The van der Waals surface area contributed by atoms with Crippen LogP contribution in [0.1, 0.15) is 21.0 Å². The van der Waals surface area contributed by atoms with Crippen LogP contribution in [-0.2, 0) is 9.47 Å². The molecule has 1 saturated heterocycles. The van der Waals surface area contributed by atoms with E-state index in [0.717, 1.165) is 11.3 Å². The van der Waals surface area contributed by atoms with Gasteiger partial charge in [-0.15, -0.1) is 11.3 Å². The van der Waals surface area contributed by atoms with Crippen molar-refractivity contribution in [3.05, 3.63) is 16.1 Å². The molecule has 70 valence electrons. The van der Waals surface area contributed by atoms with Gasteiger partial charge in [-0.25, -0.2) is 9.78 Å². The Morgan fingerprint density at radius 3 is 2.85 bits per heavy atom. The molecule has 5 nitrogen and oxygen atoms in total. The van der Waals surface area contributed by atoms with Crippen LogP contribution in [0.3, 0.4) is 0 Å². The Balaban J connectivity index is 2.16. The van der Waals surface area contributed by atoms with Crippen LogP contribution in [0, 0.1) is 0 Å². The molecule has 13 heavy (non-hydrogen) atoms. The van der Waals surface area contributed by atoms with Crippen LogP contribution in [0.4, 0.5) is 0 Å². The maximum absolute atomic E-state index is 10.5. The van der Waals surface area contributed by atoms with Gasteiger partial charge in [0.15, 0.2) is 0 Å². The molecule has 2 heterocycles. The molecule has 1 aliphatic rings. The number of thiazole rings is 1. The van der Waals surface area contributed by atoms with Crippen LogP contribution in [0.25, 0.3) is 0 Å². The van der Waals surface area contributed by atoms with Crippen molar-refractivity contribution in [1.82, 2.24) is 4.98 Å². The smallest absolute Gasteiger partial charge is 0.347 e. The van der Waals surface area contributed by atoms with E-state index < -0.39 is 12.3 Å². The third-order valence-corrected chi connectivity index (χ3v) is 2.56. The first-order valence-corrected chi connectivity index (χ1v) is 4.51. The number of rotatable bonds is 2. The van der Waals surface area contributed by atoms with Gasteiger partial charge in [0.2, 0.25) is 6.29 Å². The Morgan fingerprint density at radius 1 is 1.62 bits per heavy atom. The van der Waals surface area contributed by atoms with Gasteiger partial charge < -0.3 is 14.6 Å². The van der Waals surface area contributed by atoms with Crippen LogP contribution in [0.5, 0.6) is 0 Å². The van der Waals surface area contributed by atoms with Crippen LogP contribution in [-0.4, -0.2) is 29.3 Å². The Labute approximate surface area is 77.9 Å². The molecule has 6 heteroatoms. The normalized spacial score (nSPS) is 17.8. The van der Waals surface area contributed by atoms with Crippen LogP contribution in [0.2, 0.25) is 0 Å². The van der Waals surface area contributed by atoms with Crippen LogP contribution >= 0.6 is 11.3 Å². The molecule has 0 radical (unpaired) electrons. The Kier molecular flexibility index (Phi) is 2.26. The van der Waals surface area contributed by atoms with Crippen molar-refractivity contribution >= 4 is 17.3 Å². The molecule has 1 N–H and O–H groups in total. The summed E-state index contributed by atoms with van der Waals surface area (Å²) in [5.74, 6) is -0.971. The number of carboxylic acid groups (broad SMARTS) is 1. The van der Waals surface area contributed by atoms with Crippen molar-refractivity contribution in [1.29, 1.82) is 0 Å². The molecule has 0 aliphatic carbocycles. The number of nitrogens with zero attached hydrogens (tertiary/aromatic N) is 1. The van der Waals surface area contributed by atoms with Crippen molar-refractivity contribution in [3.8, 4) is 0 Å². The lowest BCUT2D eigenvalue weighted by Gasteiger charge is -2.02. The average molecular weight is 201 g/mol. The third kappa shape index (κ3) is 1.69. The lowest BCUT2D eigenvalue weighted by atomic mass is 10.6. The minimum absolute atomic E-state index is 0.203. The first-order chi connectivity index (χ1) is 6.27. The van der Waals surface area contributed by atoms with Gasteiger partial charge in [0, 0.05) is 0 Å². The van der Waals surface area contributed by atoms with Gasteiger partial charge in [-0.3, -0.25) is 0 Å². The lowest BCUT2D eigenvalue weighted by Crippen LogP contribution is -1.95. The molecular formula is C7H7NO4S. The standard InChI is InChI=1S/C7H7NO4S/c9-6(10)4-3-8-5(13-4)7-11-1-2-12-7/h3,7H,1-2H2,(H,9,10).